The van der Waals surface area contributed by atoms with E-state index in [1.165, 1.54) is 13.0 Å². The van der Waals surface area contributed by atoms with Crippen LogP contribution in [0.3, 0.4) is 0 Å². The normalized spacial score (nSPS) is 9.56. The summed E-state index contributed by atoms with van der Waals surface area (Å²) >= 11 is 0. The van der Waals surface area contributed by atoms with Gasteiger partial charge in [0.25, 0.3) is 0 Å². The van der Waals surface area contributed by atoms with Gasteiger partial charge < -0.3 is 0 Å². The monoisotopic (exact) mass is 238 g/mol. The number of alkyl halides is 3. The highest BCUT2D eigenvalue weighted by molar-refractivity contribution is 5.25. The van der Waals surface area contributed by atoms with E-state index in [-0.39, 0.29) is 0 Å². The van der Waals surface area contributed by atoms with Crippen molar-refractivity contribution in [2.45, 2.75) is 40.8 Å². The first-order valence-corrected chi connectivity index (χ1v) is 5.24. The lowest BCUT2D eigenvalue weighted by Gasteiger charge is -2.07. The predicted molar refractivity (Wildman–Crippen MR) is 58.8 cm³/mol. The number of hydrogen-bond donors (Lipinski definition) is 0. The molecule has 1 rings (SSSR count). The zero-order chi connectivity index (χ0) is 13.4. The molecule has 0 radical (unpaired) electrons. The van der Waals surface area contributed by atoms with Gasteiger partial charge in [0.1, 0.15) is 5.82 Å². The van der Waals surface area contributed by atoms with Gasteiger partial charge in [0.05, 0.1) is 5.56 Å². The van der Waals surface area contributed by atoms with Gasteiger partial charge >= 0.3 is 6.18 Å². The molecule has 0 fully saturated rings. The van der Waals surface area contributed by atoms with Crippen LogP contribution in [0.25, 0.3) is 0 Å². The molecule has 0 saturated heterocycles. The molecule has 16 heavy (non-hydrogen) atoms. The van der Waals surface area contributed by atoms with E-state index in [9.17, 15) is 17.6 Å². The van der Waals surface area contributed by atoms with Crippen LogP contribution in [0, 0.1) is 12.7 Å². The van der Waals surface area contributed by atoms with Crippen LogP contribution >= 0.6 is 0 Å². The predicted octanol–water partition coefficient (Wildman–Crippen LogP) is 5.21. The maximum absolute atomic E-state index is 12.6. The number of benzene rings is 1. The molecule has 0 aliphatic rings. The molecule has 0 atom stereocenters. The van der Waals surface area contributed by atoms with Gasteiger partial charge in [0.15, 0.2) is 0 Å². The maximum Gasteiger partial charge on any atom is 0.419 e. The zero-order valence-electron chi connectivity index (χ0n) is 10.2. The summed E-state index contributed by atoms with van der Waals surface area (Å²) in [4.78, 5) is 0. The largest absolute Gasteiger partial charge is 0.419 e. The van der Waals surface area contributed by atoms with Crippen LogP contribution in [0.4, 0.5) is 17.6 Å². The van der Waals surface area contributed by atoms with Gasteiger partial charge in [-0.3, -0.25) is 0 Å². The summed E-state index contributed by atoms with van der Waals surface area (Å²) in [6, 6.07) is 2.83. The van der Waals surface area contributed by atoms with E-state index in [1.54, 1.807) is 0 Å². The quantitative estimate of drug-likeness (QED) is 0.544. The molecule has 94 valence electrons. The third-order valence-corrected chi connectivity index (χ3v) is 1.43. The summed E-state index contributed by atoms with van der Waals surface area (Å²) in [5.74, 6) is -1.22. The van der Waals surface area contributed by atoms with E-state index >= 15 is 0 Å². The molecule has 0 spiro atoms. The average Bonchev–Trinajstić information content (AvgIpc) is 2.21. The Kier molecular flexibility index (Phi) is 8.81. The van der Waals surface area contributed by atoms with Gasteiger partial charge in [-0.2, -0.15) is 13.2 Å². The molecule has 4 heteroatoms. The van der Waals surface area contributed by atoms with Crippen molar-refractivity contribution >= 4 is 0 Å². The lowest BCUT2D eigenvalue weighted by Crippen LogP contribution is -2.07. The molecular formula is C12H18F4. The Hall–Kier alpha value is -1.06. The molecule has 0 saturated carbocycles. The van der Waals surface area contributed by atoms with Crippen LogP contribution in [0.5, 0.6) is 0 Å². The Morgan fingerprint density at radius 3 is 1.69 bits per heavy atom. The fourth-order valence-corrected chi connectivity index (χ4v) is 0.850. The Bertz CT molecular complexity index is 290. The minimum atomic E-state index is -4.60. The van der Waals surface area contributed by atoms with Crippen molar-refractivity contribution in [3.05, 3.63) is 35.1 Å². The molecule has 0 unspecified atom stereocenters. The van der Waals surface area contributed by atoms with E-state index < -0.39 is 17.6 Å². The molecule has 0 bridgehead atoms. The Morgan fingerprint density at radius 2 is 1.38 bits per heavy atom. The van der Waals surface area contributed by atoms with Crippen molar-refractivity contribution < 1.29 is 17.6 Å². The van der Waals surface area contributed by atoms with Crippen molar-refractivity contribution in [2.75, 3.05) is 0 Å². The Morgan fingerprint density at radius 1 is 0.938 bits per heavy atom. The fourth-order valence-electron chi connectivity index (χ4n) is 0.850. The molecule has 0 N–H and O–H groups in total. The zero-order valence-corrected chi connectivity index (χ0v) is 10.2. The van der Waals surface area contributed by atoms with Gasteiger partial charge in [-0.1, -0.05) is 33.8 Å². The number of rotatable bonds is 0. The third kappa shape index (κ3) is 5.73. The minimum absolute atomic E-state index is 0.473. The van der Waals surface area contributed by atoms with Crippen molar-refractivity contribution in [2.24, 2.45) is 0 Å². The molecule has 0 nitrogen and oxygen atoms in total. The summed E-state index contributed by atoms with van der Waals surface area (Å²) in [5.41, 5.74) is -0.742. The van der Waals surface area contributed by atoms with Gasteiger partial charge in [-0.05, 0) is 24.6 Å². The second kappa shape index (κ2) is 8.13. The summed E-state index contributed by atoms with van der Waals surface area (Å²) in [5, 5.41) is 0. The van der Waals surface area contributed by atoms with Crippen LogP contribution in [0.1, 0.15) is 38.8 Å². The minimum Gasteiger partial charge on any atom is -0.206 e. The number of hydrogen-bond acceptors (Lipinski definition) is 0. The van der Waals surface area contributed by atoms with E-state index in [1.807, 2.05) is 27.7 Å². The van der Waals surface area contributed by atoms with Gasteiger partial charge in [-0.15, -0.1) is 0 Å². The summed E-state index contributed by atoms with van der Waals surface area (Å²) in [6.45, 7) is 9.53. The van der Waals surface area contributed by atoms with Crippen LogP contribution < -0.4 is 0 Å². The summed E-state index contributed by atoms with van der Waals surface area (Å²) in [7, 11) is 0. The standard InChI is InChI=1S/C8H6F4.2C2H6/c1-5-2-3-6(7(9)4-5)8(10,11)12;2*1-2/h2-4H,1H3;2*1-2H3. The SMILES string of the molecule is CC.CC.Cc1ccc(C(F)(F)F)c(F)c1. The summed E-state index contributed by atoms with van der Waals surface area (Å²) in [6.07, 6.45) is -4.60. The second-order valence-corrected chi connectivity index (χ2v) is 2.48. The molecular weight excluding hydrogens is 220 g/mol. The van der Waals surface area contributed by atoms with Gasteiger partial charge in [-0.25, -0.2) is 4.39 Å². The molecule has 0 amide bonds. The van der Waals surface area contributed by atoms with Crippen LogP contribution in [0.15, 0.2) is 18.2 Å². The Balaban J connectivity index is 0. The van der Waals surface area contributed by atoms with E-state index in [4.69, 9.17) is 0 Å². The van der Waals surface area contributed by atoms with Crippen LogP contribution in [-0.2, 0) is 6.18 Å². The molecule has 0 heterocycles. The molecule has 1 aromatic carbocycles. The van der Waals surface area contributed by atoms with Crippen molar-refractivity contribution in [1.82, 2.24) is 0 Å². The van der Waals surface area contributed by atoms with E-state index in [2.05, 4.69) is 0 Å². The van der Waals surface area contributed by atoms with Crippen LogP contribution in [-0.4, -0.2) is 0 Å². The first-order valence-electron chi connectivity index (χ1n) is 5.24. The highest BCUT2D eigenvalue weighted by Crippen LogP contribution is 2.31. The lowest BCUT2D eigenvalue weighted by atomic mass is 10.1. The number of halogens is 4. The van der Waals surface area contributed by atoms with Crippen LogP contribution in [0.2, 0.25) is 0 Å². The first-order chi connectivity index (χ1) is 7.41. The highest BCUT2D eigenvalue weighted by atomic mass is 19.4. The van der Waals surface area contributed by atoms with Gasteiger partial charge in [0, 0.05) is 0 Å². The molecule has 0 aliphatic carbocycles. The first kappa shape index (κ1) is 17.3. The van der Waals surface area contributed by atoms with Gasteiger partial charge in [0.2, 0.25) is 0 Å². The van der Waals surface area contributed by atoms with Crippen molar-refractivity contribution in [3.63, 3.8) is 0 Å². The summed E-state index contributed by atoms with van der Waals surface area (Å²) < 4.78 is 48.4. The average molecular weight is 238 g/mol. The Labute approximate surface area is 94.3 Å². The van der Waals surface area contributed by atoms with Crippen molar-refractivity contribution in [1.29, 1.82) is 0 Å². The van der Waals surface area contributed by atoms with E-state index in [0.717, 1.165) is 12.1 Å². The fraction of sp³-hybridized carbons (Fsp3) is 0.500. The molecule has 0 aromatic heterocycles. The topological polar surface area (TPSA) is 0 Å². The third-order valence-electron chi connectivity index (χ3n) is 1.43. The lowest BCUT2D eigenvalue weighted by molar-refractivity contribution is -0.140. The second-order valence-electron chi connectivity index (χ2n) is 2.48. The van der Waals surface area contributed by atoms with E-state index in [0.29, 0.717) is 5.56 Å². The molecule has 1 aromatic rings. The number of aryl methyl sites for hydroxylation is 1. The highest BCUT2D eigenvalue weighted by Gasteiger charge is 2.33. The van der Waals surface area contributed by atoms with Crippen molar-refractivity contribution in [3.8, 4) is 0 Å². The smallest absolute Gasteiger partial charge is 0.206 e. The maximum atomic E-state index is 12.6. The molecule has 0 aliphatic heterocycles.